The Kier molecular flexibility index (Phi) is 7.04. The second-order valence-corrected chi connectivity index (χ2v) is 10.1. The Balaban J connectivity index is 1.63. The van der Waals surface area contributed by atoms with Crippen molar-refractivity contribution in [2.75, 3.05) is 5.32 Å². The predicted octanol–water partition coefficient (Wildman–Crippen LogP) is 3.90. The molecule has 1 aromatic heterocycles. The second kappa shape index (κ2) is 9.53. The van der Waals surface area contributed by atoms with Crippen molar-refractivity contribution >= 4 is 33.0 Å². The van der Waals surface area contributed by atoms with Crippen molar-refractivity contribution in [2.24, 2.45) is 5.92 Å². The Bertz CT molecular complexity index is 1090. The van der Waals surface area contributed by atoms with Crippen LogP contribution in [0.3, 0.4) is 0 Å². The van der Waals surface area contributed by atoms with Gasteiger partial charge in [0.2, 0.25) is 15.9 Å². The van der Waals surface area contributed by atoms with Crippen molar-refractivity contribution in [1.29, 1.82) is 0 Å². The number of amides is 1. The molecular formula is C22H24N2O4S2. The van der Waals surface area contributed by atoms with E-state index in [1.54, 1.807) is 38.1 Å². The maximum atomic E-state index is 12.6. The molecule has 0 radical (unpaired) electrons. The highest BCUT2D eigenvalue weighted by Crippen LogP contribution is 2.28. The fraction of sp³-hybridized carbons (Fsp3) is 0.227. The van der Waals surface area contributed by atoms with Crippen LogP contribution in [0.15, 0.2) is 71.6 Å². The summed E-state index contributed by atoms with van der Waals surface area (Å²) in [6.45, 7) is 3.69. The molecule has 3 aromatic rings. The Morgan fingerprint density at radius 1 is 1.00 bits per heavy atom. The number of sulfonamides is 1. The van der Waals surface area contributed by atoms with Gasteiger partial charge >= 0.3 is 0 Å². The first-order chi connectivity index (χ1) is 14.3. The molecule has 3 N–H and O–H groups in total. The van der Waals surface area contributed by atoms with Crippen LogP contribution in [-0.4, -0.2) is 19.4 Å². The molecule has 0 bridgehead atoms. The van der Waals surface area contributed by atoms with Crippen molar-refractivity contribution < 1.29 is 18.3 Å². The molecule has 30 heavy (non-hydrogen) atoms. The molecule has 1 atom stereocenters. The maximum Gasteiger partial charge on any atom is 0.240 e. The third kappa shape index (κ3) is 5.54. The summed E-state index contributed by atoms with van der Waals surface area (Å²) in [5.41, 5.74) is 1.33. The van der Waals surface area contributed by atoms with E-state index >= 15 is 0 Å². The lowest BCUT2D eigenvalue weighted by Gasteiger charge is -2.10. The van der Waals surface area contributed by atoms with Gasteiger partial charge < -0.3 is 10.4 Å². The molecule has 0 spiro atoms. The number of rotatable bonds is 8. The van der Waals surface area contributed by atoms with Gasteiger partial charge in [0.25, 0.3) is 0 Å². The van der Waals surface area contributed by atoms with Crippen LogP contribution in [0.4, 0.5) is 5.69 Å². The molecule has 0 saturated carbocycles. The second-order valence-electron chi connectivity index (χ2n) is 7.11. The molecule has 6 nitrogen and oxygen atoms in total. The standard InChI is InChI=1S/C22H24N2O4S2/c1-15(2)22(26)24-17-8-11-19(12-9-17)30(27,28)23-14-18-10-13-20(29-18)21(25)16-6-4-3-5-7-16/h3-13,15,21,23,25H,14H2,1-2H3,(H,24,26). The summed E-state index contributed by atoms with van der Waals surface area (Å²) in [6.07, 6.45) is -0.741. The molecule has 0 saturated heterocycles. The predicted molar refractivity (Wildman–Crippen MR) is 119 cm³/mol. The van der Waals surface area contributed by atoms with Gasteiger partial charge in [-0.05, 0) is 42.0 Å². The van der Waals surface area contributed by atoms with Crippen molar-refractivity contribution in [2.45, 2.75) is 31.4 Å². The van der Waals surface area contributed by atoms with Crippen LogP contribution >= 0.6 is 11.3 Å². The van der Waals surface area contributed by atoms with Crippen molar-refractivity contribution in [1.82, 2.24) is 4.72 Å². The number of hydrogen-bond donors (Lipinski definition) is 3. The highest BCUT2D eigenvalue weighted by atomic mass is 32.2. The lowest BCUT2D eigenvalue weighted by atomic mass is 10.1. The lowest BCUT2D eigenvalue weighted by molar-refractivity contribution is -0.118. The van der Waals surface area contributed by atoms with Gasteiger partial charge in [-0.2, -0.15) is 0 Å². The first-order valence-corrected chi connectivity index (χ1v) is 11.8. The molecule has 1 amide bonds. The SMILES string of the molecule is CC(C)C(=O)Nc1ccc(S(=O)(=O)NCc2ccc(C(O)c3ccccc3)s2)cc1. The average Bonchev–Trinajstić information content (AvgIpc) is 3.22. The van der Waals surface area contributed by atoms with Gasteiger partial charge in [-0.25, -0.2) is 13.1 Å². The third-order valence-electron chi connectivity index (χ3n) is 4.46. The highest BCUT2D eigenvalue weighted by molar-refractivity contribution is 7.89. The summed E-state index contributed by atoms with van der Waals surface area (Å²) in [5.74, 6) is -0.291. The van der Waals surface area contributed by atoms with Crippen LogP contribution in [0, 0.1) is 5.92 Å². The number of carbonyl (C=O) groups is 1. The fourth-order valence-electron chi connectivity index (χ4n) is 2.69. The zero-order chi connectivity index (χ0) is 21.7. The zero-order valence-electron chi connectivity index (χ0n) is 16.7. The molecule has 0 fully saturated rings. The first kappa shape index (κ1) is 22.2. The minimum absolute atomic E-state index is 0.117. The largest absolute Gasteiger partial charge is 0.383 e. The van der Waals surface area contributed by atoms with E-state index in [1.165, 1.54) is 23.5 Å². The summed E-state index contributed by atoms with van der Waals surface area (Å²) in [5, 5.41) is 13.2. The molecule has 158 valence electrons. The summed E-state index contributed by atoms with van der Waals surface area (Å²) in [7, 11) is -3.70. The first-order valence-electron chi connectivity index (χ1n) is 9.48. The quantitative estimate of drug-likeness (QED) is 0.491. The van der Waals surface area contributed by atoms with Gasteiger partial charge in [0.15, 0.2) is 0 Å². The summed E-state index contributed by atoms with van der Waals surface area (Å²) >= 11 is 1.36. The Hall–Kier alpha value is -2.52. The number of thiophene rings is 1. The van der Waals surface area contributed by atoms with Gasteiger partial charge in [-0.1, -0.05) is 44.2 Å². The van der Waals surface area contributed by atoms with Crippen molar-refractivity contribution in [3.63, 3.8) is 0 Å². The van der Waals surface area contributed by atoms with E-state index in [-0.39, 0.29) is 23.3 Å². The molecule has 8 heteroatoms. The van der Waals surface area contributed by atoms with E-state index in [0.29, 0.717) is 5.69 Å². The lowest BCUT2D eigenvalue weighted by Crippen LogP contribution is -2.23. The number of benzene rings is 2. The fourth-order valence-corrected chi connectivity index (χ4v) is 4.75. The van der Waals surface area contributed by atoms with Crippen LogP contribution in [0.5, 0.6) is 0 Å². The van der Waals surface area contributed by atoms with E-state index in [1.807, 2.05) is 30.3 Å². The normalized spacial score (nSPS) is 12.7. The smallest absolute Gasteiger partial charge is 0.240 e. The number of carbonyl (C=O) groups excluding carboxylic acids is 1. The molecule has 1 heterocycles. The van der Waals surface area contributed by atoms with Crippen LogP contribution in [0.1, 0.15) is 35.3 Å². The van der Waals surface area contributed by atoms with Crippen LogP contribution in [0.25, 0.3) is 0 Å². The molecule has 2 aromatic carbocycles. The minimum atomic E-state index is -3.70. The maximum absolute atomic E-state index is 12.6. The Morgan fingerprint density at radius 2 is 1.67 bits per heavy atom. The minimum Gasteiger partial charge on any atom is -0.383 e. The van der Waals surface area contributed by atoms with Crippen molar-refractivity contribution in [3.8, 4) is 0 Å². The van der Waals surface area contributed by atoms with E-state index < -0.39 is 16.1 Å². The molecule has 0 aliphatic rings. The van der Waals surface area contributed by atoms with Crippen molar-refractivity contribution in [3.05, 3.63) is 82.0 Å². The van der Waals surface area contributed by atoms with Gasteiger partial charge in [0.05, 0.1) is 4.90 Å². The van der Waals surface area contributed by atoms with E-state index in [2.05, 4.69) is 10.0 Å². The molecule has 1 unspecified atom stereocenters. The topological polar surface area (TPSA) is 95.5 Å². The van der Waals surface area contributed by atoms with E-state index in [9.17, 15) is 18.3 Å². The van der Waals surface area contributed by atoms with E-state index in [4.69, 9.17) is 0 Å². The van der Waals surface area contributed by atoms with Gasteiger partial charge in [-0.15, -0.1) is 11.3 Å². The number of aliphatic hydroxyl groups is 1. The summed E-state index contributed by atoms with van der Waals surface area (Å²) in [4.78, 5) is 13.4. The van der Waals surface area contributed by atoms with Crippen LogP contribution in [0.2, 0.25) is 0 Å². The zero-order valence-corrected chi connectivity index (χ0v) is 18.3. The van der Waals surface area contributed by atoms with Gasteiger partial charge in [0.1, 0.15) is 6.10 Å². The number of aliphatic hydroxyl groups excluding tert-OH is 1. The van der Waals surface area contributed by atoms with Crippen LogP contribution < -0.4 is 10.0 Å². The monoisotopic (exact) mass is 444 g/mol. The molecular weight excluding hydrogens is 420 g/mol. The highest BCUT2D eigenvalue weighted by Gasteiger charge is 2.17. The summed E-state index contributed by atoms with van der Waals surface area (Å²) < 4.78 is 27.7. The number of hydrogen-bond acceptors (Lipinski definition) is 5. The molecule has 0 aliphatic carbocycles. The Labute approximate surface area is 180 Å². The number of nitrogens with one attached hydrogen (secondary N) is 2. The number of anilines is 1. The van der Waals surface area contributed by atoms with Gasteiger partial charge in [-0.3, -0.25) is 4.79 Å². The Morgan fingerprint density at radius 3 is 2.30 bits per heavy atom. The molecule has 0 aliphatic heterocycles. The molecule has 3 rings (SSSR count). The third-order valence-corrected chi connectivity index (χ3v) is 7.01. The van der Waals surface area contributed by atoms with E-state index in [0.717, 1.165) is 15.3 Å². The average molecular weight is 445 g/mol. The summed E-state index contributed by atoms with van der Waals surface area (Å²) in [6, 6.07) is 19.0. The van der Waals surface area contributed by atoms with Crippen LogP contribution in [-0.2, 0) is 21.4 Å². The van der Waals surface area contributed by atoms with Gasteiger partial charge in [0, 0.05) is 27.9 Å².